The number of para-hydroxylation sites is 1. The van der Waals surface area contributed by atoms with Gasteiger partial charge in [-0.3, -0.25) is 9.59 Å². The van der Waals surface area contributed by atoms with E-state index in [0.717, 1.165) is 0 Å². The van der Waals surface area contributed by atoms with E-state index in [1.165, 1.54) is 6.26 Å². The van der Waals surface area contributed by atoms with E-state index in [9.17, 15) is 9.59 Å². The fraction of sp³-hybridized carbons (Fsp3) is 0.333. The fourth-order valence-electron chi connectivity index (χ4n) is 2.00. The number of hydrogen-bond acceptors (Lipinski definition) is 4. The molecule has 2 rings (SSSR count). The third-order valence-electron chi connectivity index (χ3n) is 3.71. The van der Waals surface area contributed by atoms with Crippen molar-refractivity contribution in [2.24, 2.45) is 5.41 Å². The largest absolute Gasteiger partial charge is 0.489 e. The number of ether oxygens (including phenoxy) is 1. The lowest BCUT2D eigenvalue weighted by Crippen LogP contribution is -2.32. The van der Waals surface area contributed by atoms with Crippen LogP contribution in [0.1, 0.15) is 36.4 Å². The normalized spacial score (nSPS) is 11.1. The highest BCUT2D eigenvalue weighted by Gasteiger charge is 2.27. The molecule has 0 aliphatic rings. The average molecular weight is 331 g/mol. The first-order valence-electron chi connectivity index (χ1n) is 7.66. The van der Waals surface area contributed by atoms with Gasteiger partial charge in [-0.05, 0) is 38.5 Å². The van der Waals surface area contributed by atoms with Crippen LogP contribution in [-0.2, 0) is 11.4 Å². The molecule has 0 aliphatic carbocycles. The average Bonchev–Trinajstić information content (AvgIpc) is 3.02. The van der Waals surface area contributed by atoms with E-state index >= 15 is 0 Å². The van der Waals surface area contributed by atoms with Crippen molar-refractivity contribution < 1.29 is 23.8 Å². The number of furan rings is 1. The monoisotopic (exact) mass is 331 g/mol. The van der Waals surface area contributed by atoms with Crippen LogP contribution < -0.4 is 10.1 Å². The van der Waals surface area contributed by atoms with Gasteiger partial charge < -0.3 is 19.6 Å². The number of aliphatic carboxylic acids is 1. The number of carbonyl (C=O) groups excluding carboxylic acids is 1. The molecule has 2 N–H and O–H groups in total. The van der Waals surface area contributed by atoms with Crippen molar-refractivity contribution in [2.45, 2.75) is 26.9 Å². The van der Waals surface area contributed by atoms with Crippen molar-refractivity contribution in [3.8, 4) is 5.75 Å². The summed E-state index contributed by atoms with van der Waals surface area (Å²) in [4.78, 5) is 23.2. The van der Waals surface area contributed by atoms with Crippen LogP contribution in [0.3, 0.4) is 0 Å². The molecule has 128 valence electrons. The van der Waals surface area contributed by atoms with Gasteiger partial charge in [-0.25, -0.2) is 0 Å². The second kappa shape index (κ2) is 7.68. The molecule has 0 aliphatic heterocycles. The molecule has 1 heterocycles. The minimum Gasteiger partial charge on any atom is -0.489 e. The summed E-state index contributed by atoms with van der Waals surface area (Å²) in [6.07, 6.45) is 1.75. The summed E-state index contributed by atoms with van der Waals surface area (Å²) in [5.41, 5.74) is -0.260. The van der Waals surface area contributed by atoms with Gasteiger partial charge in [-0.2, -0.15) is 0 Å². The molecule has 0 radical (unpaired) electrons. The van der Waals surface area contributed by atoms with Crippen LogP contribution in [0.15, 0.2) is 47.1 Å². The van der Waals surface area contributed by atoms with Crippen LogP contribution in [0.2, 0.25) is 0 Å². The molecule has 1 aromatic heterocycles. The summed E-state index contributed by atoms with van der Waals surface area (Å²) in [7, 11) is 0. The Kier molecular flexibility index (Phi) is 5.63. The van der Waals surface area contributed by atoms with Gasteiger partial charge >= 0.3 is 5.97 Å². The lowest BCUT2D eigenvalue weighted by molar-refractivity contribution is -0.147. The molecule has 24 heavy (non-hydrogen) atoms. The number of carboxylic acids is 1. The van der Waals surface area contributed by atoms with Crippen molar-refractivity contribution in [3.05, 3.63) is 54.0 Å². The number of carbonyl (C=O) groups is 2. The van der Waals surface area contributed by atoms with Gasteiger partial charge in [0, 0.05) is 12.1 Å². The lowest BCUT2D eigenvalue weighted by Gasteiger charge is -2.18. The standard InChI is InChI=1S/C18H21NO5/c1-18(2,17(21)22)9-10-19-16(20)15-13(8-11-23-15)12-24-14-6-4-3-5-7-14/h3-8,11H,9-10,12H2,1-2H3,(H,19,20)(H,21,22). The van der Waals surface area contributed by atoms with Gasteiger partial charge in [0.1, 0.15) is 12.4 Å². The van der Waals surface area contributed by atoms with Gasteiger partial charge in [-0.1, -0.05) is 18.2 Å². The first-order chi connectivity index (χ1) is 11.4. The molecule has 0 unspecified atom stereocenters. The fourth-order valence-corrected chi connectivity index (χ4v) is 2.00. The molecule has 2 aromatic rings. The smallest absolute Gasteiger partial charge is 0.309 e. The summed E-state index contributed by atoms with van der Waals surface area (Å²) in [5.74, 6) is -0.396. The lowest BCUT2D eigenvalue weighted by atomic mass is 9.90. The van der Waals surface area contributed by atoms with Gasteiger partial charge in [-0.15, -0.1) is 0 Å². The zero-order valence-corrected chi connectivity index (χ0v) is 13.7. The number of hydrogen-bond donors (Lipinski definition) is 2. The van der Waals surface area contributed by atoms with Crippen molar-refractivity contribution in [1.82, 2.24) is 5.32 Å². The molecule has 0 spiro atoms. The summed E-state index contributed by atoms with van der Waals surface area (Å²) >= 11 is 0. The SMILES string of the molecule is CC(C)(CCNC(=O)c1occc1COc1ccccc1)C(=O)O. The van der Waals surface area contributed by atoms with E-state index in [0.29, 0.717) is 17.7 Å². The third kappa shape index (κ3) is 4.62. The van der Waals surface area contributed by atoms with E-state index < -0.39 is 11.4 Å². The highest BCUT2D eigenvalue weighted by Crippen LogP contribution is 2.20. The maximum absolute atomic E-state index is 12.2. The van der Waals surface area contributed by atoms with Crippen LogP contribution in [0.4, 0.5) is 0 Å². The van der Waals surface area contributed by atoms with Crippen molar-refractivity contribution in [1.29, 1.82) is 0 Å². The Morgan fingerprint density at radius 3 is 2.58 bits per heavy atom. The van der Waals surface area contributed by atoms with E-state index in [2.05, 4.69) is 5.32 Å². The molecule has 0 atom stereocenters. The summed E-state index contributed by atoms with van der Waals surface area (Å²) in [6, 6.07) is 11.0. The molecule has 0 bridgehead atoms. The van der Waals surface area contributed by atoms with E-state index in [4.69, 9.17) is 14.3 Å². The van der Waals surface area contributed by atoms with Gasteiger partial charge in [0.15, 0.2) is 5.76 Å². The zero-order chi connectivity index (χ0) is 17.6. The Morgan fingerprint density at radius 1 is 1.21 bits per heavy atom. The van der Waals surface area contributed by atoms with E-state index in [1.807, 2.05) is 30.3 Å². The van der Waals surface area contributed by atoms with Gasteiger partial charge in [0.25, 0.3) is 5.91 Å². The zero-order valence-electron chi connectivity index (χ0n) is 13.7. The Bertz CT molecular complexity index is 690. The first-order valence-corrected chi connectivity index (χ1v) is 7.66. The van der Waals surface area contributed by atoms with Gasteiger partial charge in [0.05, 0.1) is 11.7 Å². The predicted octanol–water partition coefficient (Wildman–Crippen LogP) is 3.09. The predicted molar refractivity (Wildman–Crippen MR) is 87.8 cm³/mol. The second-order valence-electron chi connectivity index (χ2n) is 6.07. The minimum absolute atomic E-state index is 0.180. The number of amides is 1. The van der Waals surface area contributed by atoms with Gasteiger partial charge in [0.2, 0.25) is 0 Å². The summed E-state index contributed by atoms with van der Waals surface area (Å²) in [6.45, 7) is 3.70. The van der Waals surface area contributed by atoms with Crippen molar-refractivity contribution >= 4 is 11.9 Å². The minimum atomic E-state index is -0.897. The van der Waals surface area contributed by atoms with Crippen LogP contribution >= 0.6 is 0 Å². The second-order valence-corrected chi connectivity index (χ2v) is 6.07. The molecular weight excluding hydrogens is 310 g/mol. The third-order valence-corrected chi connectivity index (χ3v) is 3.71. The molecule has 0 saturated heterocycles. The Labute approximate surface area is 140 Å². The summed E-state index contributed by atoms with van der Waals surface area (Å²) < 4.78 is 10.9. The highest BCUT2D eigenvalue weighted by molar-refractivity contribution is 5.92. The quantitative estimate of drug-likeness (QED) is 0.776. The van der Waals surface area contributed by atoms with Crippen LogP contribution in [0.5, 0.6) is 5.75 Å². The van der Waals surface area contributed by atoms with Crippen LogP contribution in [-0.4, -0.2) is 23.5 Å². The van der Waals surface area contributed by atoms with Crippen LogP contribution in [0, 0.1) is 5.41 Å². The maximum atomic E-state index is 12.2. The number of carboxylic acid groups (broad SMARTS) is 1. The molecule has 6 heteroatoms. The number of nitrogens with one attached hydrogen (secondary N) is 1. The molecule has 0 fully saturated rings. The van der Waals surface area contributed by atoms with Crippen molar-refractivity contribution in [2.75, 3.05) is 6.54 Å². The molecule has 1 amide bonds. The Hall–Kier alpha value is -2.76. The molecule has 6 nitrogen and oxygen atoms in total. The first kappa shape index (κ1) is 17.6. The maximum Gasteiger partial charge on any atom is 0.309 e. The molecule has 1 aromatic carbocycles. The van der Waals surface area contributed by atoms with E-state index in [-0.39, 0.29) is 24.8 Å². The number of rotatable bonds is 8. The molecule has 0 saturated carbocycles. The van der Waals surface area contributed by atoms with Crippen LogP contribution in [0.25, 0.3) is 0 Å². The Morgan fingerprint density at radius 2 is 1.92 bits per heavy atom. The van der Waals surface area contributed by atoms with Crippen molar-refractivity contribution in [3.63, 3.8) is 0 Å². The highest BCUT2D eigenvalue weighted by atomic mass is 16.5. The number of benzene rings is 1. The summed E-state index contributed by atoms with van der Waals surface area (Å²) in [5, 5.41) is 11.7. The molecular formula is C18H21NO5. The van der Waals surface area contributed by atoms with E-state index in [1.54, 1.807) is 19.9 Å². The topological polar surface area (TPSA) is 88.8 Å². The Balaban J connectivity index is 1.89.